The molecule has 0 aromatic heterocycles. The number of carbonyl (C=O) groups excluding carboxylic acids is 1. The molecule has 3 nitrogen and oxygen atoms in total. The van der Waals surface area contributed by atoms with Crippen LogP contribution >= 0.6 is 0 Å². The number of Topliss-reactive ketones (excluding diaryl/α,β-unsaturated/α-hetero) is 1. The first-order valence-corrected chi connectivity index (χ1v) is 9.66. The normalized spacial score (nSPS) is 34.6. The molecule has 3 aliphatic rings. The number of allylic oxidation sites excluding steroid dienone is 1. The van der Waals surface area contributed by atoms with Crippen LogP contribution in [0, 0.1) is 11.3 Å². The van der Waals surface area contributed by atoms with Crippen LogP contribution in [0.2, 0.25) is 0 Å². The van der Waals surface area contributed by atoms with Gasteiger partial charge in [-0.3, -0.25) is 4.90 Å². The Kier molecular flexibility index (Phi) is 4.85. The van der Waals surface area contributed by atoms with Gasteiger partial charge < -0.3 is 9.90 Å². The maximum Gasteiger partial charge on any atom is 0.129 e. The molecule has 2 aliphatic heterocycles. The van der Waals surface area contributed by atoms with E-state index in [0.29, 0.717) is 18.4 Å². The minimum Gasteiger partial charge on any atom is -0.386 e. The third kappa shape index (κ3) is 3.41. The second-order valence-electron chi connectivity index (χ2n) is 8.97. The second kappa shape index (κ2) is 6.51. The zero-order valence-electron chi connectivity index (χ0n) is 16.1. The maximum atomic E-state index is 11.6. The number of rotatable bonds is 6. The van der Waals surface area contributed by atoms with E-state index in [1.165, 1.54) is 5.57 Å². The molecule has 0 aromatic rings. The van der Waals surface area contributed by atoms with Crippen molar-refractivity contribution in [3.8, 4) is 0 Å². The molecule has 1 N–H and O–H groups in total. The molecular formula is C22H33NO2. The Hall–Kier alpha value is -1.19. The summed E-state index contributed by atoms with van der Waals surface area (Å²) in [5, 5.41) is 10.4. The predicted octanol–water partition coefficient (Wildman–Crippen LogP) is 4.04. The Morgan fingerprint density at radius 2 is 2.20 bits per heavy atom. The maximum absolute atomic E-state index is 11.6. The summed E-state index contributed by atoms with van der Waals surface area (Å²) in [6, 6.07) is 0.467. The average Bonchev–Trinajstić information content (AvgIpc) is 3.05. The summed E-state index contributed by atoms with van der Waals surface area (Å²) in [7, 11) is 0. The summed E-state index contributed by atoms with van der Waals surface area (Å²) in [5.41, 5.74) is 3.64. The van der Waals surface area contributed by atoms with Gasteiger partial charge >= 0.3 is 0 Å². The van der Waals surface area contributed by atoms with Gasteiger partial charge in [-0.25, -0.2) is 0 Å². The van der Waals surface area contributed by atoms with Gasteiger partial charge in [-0.1, -0.05) is 30.7 Å². The van der Waals surface area contributed by atoms with Gasteiger partial charge in [0.05, 0.1) is 5.60 Å². The minimum atomic E-state index is -0.782. The molecule has 3 rings (SSSR count). The van der Waals surface area contributed by atoms with Crippen LogP contribution in [0.15, 0.2) is 36.0 Å². The van der Waals surface area contributed by atoms with Crippen molar-refractivity contribution < 1.29 is 9.90 Å². The van der Waals surface area contributed by atoms with E-state index in [9.17, 15) is 9.90 Å². The van der Waals surface area contributed by atoms with Gasteiger partial charge in [0.25, 0.3) is 0 Å². The van der Waals surface area contributed by atoms with Crippen LogP contribution in [0.3, 0.4) is 0 Å². The van der Waals surface area contributed by atoms with E-state index in [1.54, 1.807) is 24.1 Å². The monoisotopic (exact) mass is 343 g/mol. The summed E-state index contributed by atoms with van der Waals surface area (Å²) in [6.45, 7) is 16.1. The van der Waals surface area contributed by atoms with Crippen molar-refractivity contribution in [1.82, 2.24) is 4.90 Å². The lowest BCUT2D eigenvalue weighted by atomic mass is 9.64. The molecule has 1 aliphatic carbocycles. The highest BCUT2D eigenvalue weighted by Crippen LogP contribution is 2.54. The van der Waals surface area contributed by atoms with Crippen molar-refractivity contribution in [2.45, 2.75) is 70.9 Å². The van der Waals surface area contributed by atoms with E-state index in [-0.39, 0.29) is 11.2 Å². The third-order valence-corrected chi connectivity index (χ3v) is 6.82. The van der Waals surface area contributed by atoms with Crippen LogP contribution in [0.5, 0.6) is 0 Å². The average molecular weight is 344 g/mol. The summed E-state index contributed by atoms with van der Waals surface area (Å²) in [6.07, 6.45) is 7.25. The predicted molar refractivity (Wildman–Crippen MR) is 102 cm³/mol. The van der Waals surface area contributed by atoms with Crippen molar-refractivity contribution in [1.29, 1.82) is 0 Å². The van der Waals surface area contributed by atoms with Crippen LogP contribution in [0.1, 0.15) is 59.3 Å². The number of nitrogens with zero attached hydrogens (tertiary/aromatic N) is 1. The fourth-order valence-electron chi connectivity index (χ4n) is 5.33. The number of hydrogen-bond donors (Lipinski definition) is 1. The van der Waals surface area contributed by atoms with Crippen LogP contribution in [0.25, 0.3) is 0 Å². The summed E-state index contributed by atoms with van der Waals surface area (Å²) >= 11 is 0. The first-order chi connectivity index (χ1) is 11.7. The molecule has 0 bridgehead atoms. The summed E-state index contributed by atoms with van der Waals surface area (Å²) in [4.78, 5) is 14.2. The largest absolute Gasteiger partial charge is 0.386 e. The van der Waals surface area contributed by atoms with E-state index < -0.39 is 5.60 Å². The van der Waals surface area contributed by atoms with Gasteiger partial charge in [-0.2, -0.15) is 0 Å². The fraction of sp³-hybridized carbons (Fsp3) is 0.682. The lowest BCUT2D eigenvalue weighted by Crippen LogP contribution is -2.33. The second-order valence-corrected chi connectivity index (χ2v) is 8.97. The zero-order valence-corrected chi connectivity index (χ0v) is 16.1. The molecule has 1 saturated heterocycles. The van der Waals surface area contributed by atoms with E-state index in [2.05, 4.69) is 25.0 Å². The minimum absolute atomic E-state index is 0.0332. The van der Waals surface area contributed by atoms with Gasteiger partial charge in [0, 0.05) is 31.0 Å². The van der Waals surface area contributed by atoms with Crippen molar-refractivity contribution in [2.24, 2.45) is 11.3 Å². The molecule has 0 saturated carbocycles. The van der Waals surface area contributed by atoms with Gasteiger partial charge in [-0.15, -0.1) is 6.58 Å². The van der Waals surface area contributed by atoms with Gasteiger partial charge in [-0.05, 0) is 57.4 Å². The van der Waals surface area contributed by atoms with Crippen LogP contribution in [-0.2, 0) is 4.79 Å². The fourth-order valence-corrected chi connectivity index (χ4v) is 5.33. The van der Waals surface area contributed by atoms with E-state index in [4.69, 9.17) is 0 Å². The van der Waals surface area contributed by atoms with E-state index >= 15 is 0 Å². The molecule has 4 unspecified atom stereocenters. The lowest BCUT2D eigenvalue weighted by molar-refractivity contribution is -0.117. The molecule has 0 spiro atoms. The van der Waals surface area contributed by atoms with Crippen molar-refractivity contribution in [3.63, 3.8) is 0 Å². The number of carbonyl (C=O) groups is 1. The molecule has 0 radical (unpaired) electrons. The standard InChI is InChI=1S/C22H33NO2/c1-6-21(4,25)12-17-11-19-20-18(14-23(19)13-17)8-7-15(2)22(20,5)10-9-16(3)24/h6,17,19,25H,1-2,7-14H2,3-5H3. The first-order valence-electron chi connectivity index (χ1n) is 9.66. The number of hydrogen-bond acceptors (Lipinski definition) is 3. The highest BCUT2D eigenvalue weighted by Gasteiger charge is 2.49. The molecule has 0 aromatic carbocycles. The smallest absolute Gasteiger partial charge is 0.129 e. The SMILES string of the molecule is C=CC(C)(O)CC1CC2C3=C(CCC(=C)C3(C)CCC(C)=O)CN2C1. The number of fused-ring (bicyclic) bond motifs is 2. The highest BCUT2D eigenvalue weighted by atomic mass is 16.3. The lowest BCUT2D eigenvalue weighted by Gasteiger charge is -2.40. The van der Waals surface area contributed by atoms with Crippen molar-refractivity contribution in [2.75, 3.05) is 13.1 Å². The van der Waals surface area contributed by atoms with Crippen LogP contribution in [0.4, 0.5) is 0 Å². The molecule has 25 heavy (non-hydrogen) atoms. The Bertz CT molecular complexity index is 630. The van der Waals surface area contributed by atoms with Gasteiger partial charge in [0.15, 0.2) is 0 Å². The first kappa shape index (κ1) is 18.6. The Labute approximate surface area is 152 Å². The van der Waals surface area contributed by atoms with Crippen molar-refractivity contribution in [3.05, 3.63) is 36.0 Å². The molecule has 1 fully saturated rings. The molecule has 138 valence electrons. The van der Waals surface area contributed by atoms with Crippen LogP contribution < -0.4 is 0 Å². The zero-order chi connectivity index (χ0) is 18.4. The van der Waals surface area contributed by atoms with E-state index in [1.807, 2.05) is 6.92 Å². The topological polar surface area (TPSA) is 40.5 Å². The molecule has 0 amide bonds. The van der Waals surface area contributed by atoms with E-state index in [0.717, 1.165) is 45.2 Å². The highest BCUT2D eigenvalue weighted by molar-refractivity contribution is 5.75. The molecule has 3 heteroatoms. The Morgan fingerprint density at radius 1 is 1.48 bits per heavy atom. The Morgan fingerprint density at radius 3 is 2.84 bits per heavy atom. The molecule has 2 heterocycles. The third-order valence-electron chi connectivity index (χ3n) is 6.82. The molecular weight excluding hydrogens is 310 g/mol. The Balaban J connectivity index is 1.81. The number of ketones is 1. The van der Waals surface area contributed by atoms with Crippen molar-refractivity contribution >= 4 is 5.78 Å². The quantitative estimate of drug-likeness (QED) is 0.740. The summed E-state index contributed by atoms with van der Waals surface area (Å²) in [5.74, 6) is 0.766. The molecule has 4 atom stereocenters. The summed E-state index contributed by atoms with van der Waals surface area (Å²) < 4.78 is 0. The van der Waals surface area contributed by atoms with Gasteiger partial charge in [0.1, 0.15) is 5.78 Å². The number of aliphatic hydroxyl groups is 1. The van der Waals surface area contributed by atoms with Crippen LogP contribution in [-0.4, -0.2) is 40.5 Å². The van der Waals surface area contributed by atoms with Gasteiger partial charge in [0.2, 0.25) is 0 Å².